The number of aromatic nitrogens is 1. The molecule has 0 radical (unpaired) electrons. The standard InChI is InChI=1S/C44H48N6O10S/c1-7-28-24-44(28,41(54)49-61(56,57)31-17-13-10-14-18-31)48-39(52)36-22-30(26-50(36)40(53)35(25-45-38(51)8-2)47-42(55)60-43(3,4)5)59-37-23-33(27-15-11-9-12-16-27)46-34-21-29(58-6)19-20-32(34)37/h7-21,23,28,30,35-36H,1-2,22,24-26H2,3-6H3,(H,45,51)(H,47,55)(H,48,52)(H,49,54)/t28-,30-,35?,36?,44-/m1/s1. The molecule has 2 unspecified atom stereocenters. The second-order valence-corrected chi connectivity index (χ2v) is 17.3. The van der Waals surface area contributed by atoms with Crippen molar-refractivity contribution in [1.29, 1.82) is 0 Å². The van der Waals surface area contributed by atoms with Crippen LogP contribution in [0.15, 0.2) is 115 Å². The van der Waals surface area contributed by atoms with Gasteiger partial charge in [-0.1, -0.05) is 61.2 Å². The van der Waals surface area contributed by atoms with E-state index in [0.717, 1.165) is 11.6 Å². The summed E-state index contributed by atoms with van der Waals surface area (Å²) in [6, 6.07) is 21.0. The third-order valence-electron chi connectivity index (χ3n) is 10.2. The minimum atomic E-state index is -4.33. The molecule has 5 atom stereocenters. The lowest BCUT2D eigenvalue weighted by atomic mass is 10.1. The number of hydrogen-bond acceptors (Lipinski definition) is 11. The number of sulfonamides is 1. The molecule has 61 heavy (non-hydrogen) atoms. The first-order chi connectivity index (χ1) is 29.0. The van der Waals surface area contributed by atoms with Gasteiger partial charge in [0, 0.05) is 42.0 Å². The van der Waals surface area contributed by atoms with Crippen LogP contribution in [0.3, 0.4) is 0 Å². The van der Waals surface area contributed by atoms with Gasteiger partial charge in [0.25, 0.3) is 15.9 Å². The summed E-state index contributed by atoms with van der Waals surface area (Å²) in [6.45, 7) is 11.5. The van der Waals surface area contributed by atoms with Crippen LogP contribution >= 0.6 is 0 Å². The van der Waals surface area contributed by atoms with Gasteiger partial charge in [0.2, 0.25) is 17.7 Å². The number of ether oxygens (including phenoxy) is 3. The van der Waals surface area contributed by atoms with Crippen molar-refractivity contribution in [2.75, 3.05) is 20.2 Å². The van der Waals surface area contributed by atoms with Crippen molar-refractivity contribution in [2.24, 2.45) is 5.92 Å². The maximum Gasteiger partial charge on any atom is 0.408 e. The Hall–Kier alpha value is -6.75. The predicted molar refractivity (Wildman–Crippen MR) is 226 cm³/mol. The highest BCUT2D eigenvalue weighted by atomic mass is 32.2. The third kappa shape index (κ3) is 10.2. The Labute approximate surface area is 353 Å². The van der Waals surface area contributed by atoms with Crippen molar-refractivity contribution in [3.63, 3.8) is 0 Å². The topological polar surface area (TPSA) is 211 Å². The number of hydrogen-bond donors (Lipinski definition) is 4. The zero-order valence-electron chi connectivity index (χ0n) is 34.2. The molecular formula is C44H48N6O10S. The van der Waals surface area contributed by atoms with E-state index in [-0.39, 0.29) is 24.3 Å². The van der Waals surface area contributed by atoms with E-state index in [1.54, 1.807) is 51.1 Å². The predicted octanol–water partition coefficient (Wildman–Crippen LogP) is 4.02. The lowest BCUT2D eigenvalue weighted by Crippen LogP contribution is -2.59. The quantitative estimate of drug-likeness (QED) is 0.0991. The Balaban J connectivity index is 1.35. The molecule has 6 rings (SSSR count). The number of alkyl carbamates (subject to hydrolysis) is 1. The zero-order valence-corrected chi connectivity index (χ0v) is 35.0. The van der Waals surface area contributed by atoms with Gasteiger partial charge < -0.3 is 35.1 Å². The SMILES string of the molecule is C=CC(=O)NCC(NC(=O)OC(C)(C)C)C(=O)N1C[C@H](Oc2cc(-c3ccccc3)nc3cc(OC)ccc23)CC1C(=O)N[C@]1(C(=O)NS(=O)(=O)c2ccccc2)C[C@H]1C=C. The molecule has 1 aliphatic carbocycles. The van der Waals surface area contributed by atoms with Gasteiger partial charge >= 0.3 is 6.09 Å². The van der Waals surface area contributed by atoms with Crippen LogP contribution in [0.4, 0.5) is 4.79 Å². The second kappa shape index (κ2) is 17.8. The molecule has 0 spiro atoms. The summed E-state index contributed by atoms with van der Waals surface area (Å²) in [4.78, 5) is 74.2. The summed E-state index contributed by atoms with van der Waals surface area (Å²) in [7, 11) is -2.79. The Kier molecular flexibility index (Phi) is 12.8. The molecule has 4 N–H and O–H groups in total. The van der Waals surface area contributed by atoms with Gasteiger partial charge in [-0.25, -0.2) is 22.9 Å². The van der Waals surface area contributed by atoms with Gasteiger partial charge in [-0.15, -0.1) is 6.58 Å². The first-order valence-electron chi connectivity index (χ1n) is 19.4. The van der Waals surface area contributed by atoms with E-state index in [0.29, 0.717) is 28.1 Å². The molecule has 3 aromatic carbocycles. The second-order valence-electron chi connectivity index (χ2n) is 15.6. The molecule has 16 nitrogen and oxygen atoms in total. The summed E-state index contributed by atoms with van der Waals surface area (Å²) in [5.41, 5.74) is -0.723. The van der Waals surface area contributed by atoms with Crippen molar-refractivity contribution in [3.8, 4) is 22.8 Å². The van der Waals surface area contributed by atoms with Crippen LogP contribution < -0.4 is 30.1 Å². The van der Waals surface area contributed by atoms with Crippen LogP contribution in [0.25, 0.3) is 22.2 Å². The van der Waals surface area contributed by atoms with Crippen LogP contribution in [0.2, 0.25) is 0 Å². The molecule has 2 fully saturated rings. The van der Waals surface area contributed by atoms with Crippen molar-refractivity contribution in [3.05, 3.63) is 110 Å². The van der Waals surface area contributed by atoms with Gasteiger partial charge in [0.1, 0.15) is 40.8 Å². The minimum Gasteiger partial charge on any atom is -0.497 e. The van der Waals surface area contributed by atoms with Crippen LogP contribution in [0.1, 0.15) is 33.6 Å². The van der Waals surface area contributed by atoms with Crippen molar-refractivity contribution in [1.82, 2.24) is 30.6 Å². The minimum absolute atomic E-state index is 0.0319. The largest absolute Gasteiger partial charge is 0.497 e. The zero-order chi connectivity index (χ0) is 44.1. The fraction of sp³-hybridized carbons (Fsp3) is 0.318. The Morgan fingerprint density at radius 2 is 1.67 bits per heavy atom. The van der Waals surface area contributed by atoms with Gasteiger partial charge in [-0.05, 0) is 57.5 Å². The van der Waals surface area contributed by atoms with E-state index >= 15 is 0 Å². The molecule has 2 heterocycles. The van der Waals surface area contributed by atoms with Crippen LogP contribution in [-0.4, -0.2) is 97.6 Å². The lowest BCUT2D eigenvalue weighted by molar-refractivity contribution is -0.141. The number of carbonyl (C=O) groups excluding carboxylic acids is 5. The van der Waals surface area contributed by atoms with Gasteiger partial charge in [0.05, 0.1) is 29.8 Å². The fourth-order valence-corrected chi connectivity index (χ4v) is 8.11. The van der Waals surface area contributed by atoms with Crippen molar-refractivity contribution >= 4 is 50.6 Å². The molecule has 1 saturated carbocycles. The van der Waals surface area contributed by atoms with E-state index in [9.17, 15) is 32.4 Å². The Morgan fingerprint density at radius 1 is 0.984 bits per heavy atom. The smallest absolute Gasteiger partial charge is 0.408 e. The molecule has 0 bridgehead atoms. The van der Waals surface area contributed by atoms with Gasteiger partial charge in [-0.3, -0.25) is 19.2 Å². The molecule has 1 saturated heterocycles. The Morgan fingerprint density at radius 3 is 2.30 bits per heavy atom. The number of methoxy groups -OCH3 is 1. The molecule has 2 aliphatic rings. The molecular weight excluding hydrogens is 805 g/mol. The summed E-state index contributed by atoms with van der Waals surface area (Å²) in [5, 5.41) is 8.39. The number of carbonyl (C=O) groups is 5. The number of amides is 5. The number of nitrogens with one attached hydrogen (secondary N) is 4. The number of fused-ring (bicyclic) bond motifs is 1. The third-order valence-corrected chi connectivity index (χ3v) is 11.5. The van der Waals surface area contributed by atoms with Gasteiger partial charge in [-0.2, -0.15) is 0 Å². The van der Waals surface area contributed by atoms with Crippen LogP contribution in [0, 0.1) is 5.92 Å². The summed E-state index contributed by atoms with van der Waals surface area (Å²) >= 11 is 0. The van der Waals surface area contributed by atoms with Crippen LogP contribution in [0.5, 0.6) is 11.5 Å². The molecule has 4 aromatic rings. The first-order valence-corrected chi connectivity index (χ1v) is 20.9. The number of rotatable bonds is 15. The van der Waals surface area contributed by atoms with E-state index in [2.05, 4.69) is 33.8 Å². The average Bonchev–Trinajstić information content (AvgIpc) is 3.80. The monoisotopic (exact) mass is 852 g/mol. The highest BCUT2D eigenvalue weighted by Crippen LogP contribution is 2.45. The Bertz CT molecular complexity index is 2460. The van der Waals surface area contributed by atoms with E-state index < -0.39 is 81.5 Å². The number of benzene rings is 3. The molecule has 5 amide bonds. The summed E-state index contributed by atoms with van der Waals surface area (Å²) in [5.74, 6) is -2.88. The summed E-state index contributed by atoms with van der Waals surface area (Å²) < 4.78 is 46.0. The first kappa shape index (κ1) is 43.8. The normalized spacial score (nSPS) is 20.1. The van der Waals surface area contributed by atoms with Crippen molar-refractivity contribution < 1.29 is 46.6 Å². The van der Waals surface area contributed by atoms with E-state index in [1.165, 1.54) is 42.4 Å². The summed E-state index contributed by atoms with van der Waals surface area (Å²) in [6.07, 6.45) is 0.561. The number of likely N-dealkylation sites (tertiary alicyclic amines) is 1. The molecule has 1 aliphatic heterocycles. The fourth-order valence-electron chi connectivity index (χ4n) is 7.05. The van der Waals surface area contributed by atoms with Gasteiger partial charge in [0.15, 0.2) is 0 Å². The lowest BCUT2D eigenvalue weighted by Gasteiger charge is -2.30. The number of nitrogens with zero attached hydrogens (tertiary/aromatic N) is 2. The maximum atomic E-state index is 14.6. The maximum absolute atomic E-state index is 14.6. The van der Waals surface area contributed by atoms with Crippen molar-refractivity contribution in [2.45, 2.75) is 67.8 Å². The van der Waals surface area contributed by atoms with E-state index in [1.807, 2.05) is 30.3 Å². The number of pyridine rings is 1. The van der Waals surface area contributed by atoms with Crippen LogP contribution in [-0.2, 0) is 33.9 Å². The molecule has 320 valence electrons. The molecule has 17 heteroatoms. The molecule has 1 aromatic heterocycles. The highest BCUT2D eigenvalue weighted by molar-refractivity contribution is 7.90. The average molecular weight is 853 g/mol. The van der Waals surface area contributed by atoms with E-state index in [4.69, 9.17) is 19.2 Å². The highest BCUT2D eigenvalue weighted by Gasteiger charge is 2.61.